The van der Waals surface area contributed by atoms with Gasteiger partial charge in [-0.3, -0.25) is 0 Å². The van der Waals surface area contributed by atoms with Crippen LogP contribution in [0.25, 0.3) is 0 Å². The van der Waals surface area contributed by atoms with Gasteiger partial charge in [0.1, 0.15) is 5.75 Å². The van der Waals surface area contributed by atoms with Crippen LogP contribution in [-0.2, 0) is 0 Å². The Labute approximate surface area is 105 Å². The van der Waals surface area contributed by atoms with Crippen molar-refractivity contribution in [2.75, 3.05) is 7.05 Å². The number of halogens is 3. The molecule has 1 N–H and O–H groups in total. The van der Waals surface area contributed by atoms with E-state index in [2.05, 4.69) is 17.0 Å². The molecule has 0 aliphatic heterocycles. The predicted octanol–water partition coefficient (Wildman–Crippen LogP) is 4.04. The molecule has 0 unspecified atom stereocenters. The average molecular weight is 261 g/mol. The lowest BCUT2D eigenvalue weighted by atomic mass is 10.0. The van der Waals surface area contributed by atoms with Crippen LogP contribution >= 0.6 is 0 Å². The van der Waals surface area contributed by atoms with Crippen molar-refractivity contribution in [3.8, 4) is 5.75 Å². The number of benzene rings is 1. The number of alkyl halides is 3. The highest BCUT2D eigenvalue weighted by molar-refractivity contribution is 5.29. The van der Waals surface area contributed by atoms with Crippen LogP contribution in [0.2, 0.25) is 0 Å². The van der Waals surface area contributed by atoms with Gasteiger partial charge in [0.15, 0.2) is 0 Å². The van der Waals surface area contributed by atoms with Crippen molar-refractivity contribution >= 4 is 0 Å². The molecular weight excluding hydrogens is 243 g/mol. The Hall–Kier alpha value is -1.23. The molecule has 18 heavy (non-hydrogen) atoms. The molecule has 0 aliphatic carbocycles. The zero-order valence-electron chi connectivity index (χ0n) is 10.6. The van der Waals surface area contributed by atoms with Gasteiger partial charge in [0.2, 0.25) is 0 Å². The van der Waals surface area contributed by atoms with E-state index in [-0.39, 0.29) is 11.8 Å². The highest BCUT2D eigenvalue weighted by Crippen LogP contribution is 2.25. The maximum Gasteiger partial charge on any atom is 0.573 e. The highest BCUT2D eigenvalue weighted by Gasteiger charge is 2.31. The first-order valence-corrected chi connectivity index (χ1v) is 5.99. The van der Waals surface area contributed by atoms with E-state index in [1.165, 1.54) is 12.1 Å². The van der Waals surface area contributed by atoms with Crippen LogP contribution in [0, 0.1) is 0 Å². The minimum atomic E-state index is -4.63. The summed E-state index contributed by atoms with van der Waals surface area (Å²) in [6.45, 7) is 2.10. The molecule has 0 spiro atoms. The van der Waals surface area contributed by atoms with Crippen molar-refractivity contribution in [1.82, 2.24) is 5.32 Å². The predicted molar refractivity (Wildman–Crippen MR) is 64.5 cm³/mol. The van der Waals surface area contributed by atoms with E-state index < -0.39 is 6.36 Å². The second kappa shape index (κ2) is 6.64. The van der Waals surface area contributed by atoms with Crippen LogP contribution in [0.1, 0.15) is 37.8 Å². The van der Waals surface area contributed by atoms with Gasteiger partial charge in [-0.25, -0.2) is 0 Å². The number of ether oxygens (including phenoxy) is 1. The number of nitrogens with one attached hydrogen (secondary N) is 1. The fourth-order valence-electron chi connectivity index (χ4n) is 1.79. The standard InChI is InChI=1S/C13H18F3NO/c1-3-4-5-12(17-2)10-6-8-11(9-7-10)18-13(14,15)16/h6-9,12,17H,3-5H2,1-2H3/t12-/m0/s1. The van der Waals surface area contributed by atoms with Gasteiger partial charge in [-0.15, -0.1) is 13.2 Å². The smallest absolute Gasteiger partial charge is 0.406 e. The first-order chi connectivity index (χ1) is 8.46. The Balaban J connectivity index is 2.68. The Bertz CT molecular complexity index is 348. The Kier molecular flexibility index (Phi) is 5.47. The van der Waals surface area contributed by atoms with Crippen molar-refractivity contribution in [3.63, 3.8) is 0 Å². The van der Waals surface area contributed by atoms with Crippen molar-refractivity contribution in [2.24, 2.45) is 0 Å². The summed E-state index contributed by atoms with van der Waals surface area (Å²) in [7, 11) is 1.85. The van der Waals surface area contributed by atoms with Crippen LogP contribution in [0.4, 0.5) is 13.2 Å². The molecule has 0 bridgehead atoms. The number of hydrogen-bond acceptors (Lipinski definition) is 2. The third-order valence-electron chi connectivity index (χ3n) is 2.71. The van der Waals surface area contributed by atoms with Gasteiger partial charge < -0.3 is 10.1 Å². The molecule has 1 atom stereocenters. The molecule has 0 saturated carbocycles. The lowest BCUT2D eigenvalue weighted by Crippen LogP contribution is -2.18. The maximum absolute atomic E-state index is 12.0. The van der Waals surface area contributed by atoms with E-state index in [0.717, 1.165) is 24.8 Å². The summed E-state index contributed by atoms with van der Waals surface area (Å²) in [5, 5.41) is 3.16. The van der Waals surface area contributed by atoms with Crippen LogP contribution in [-0.4, -0.2) is 13.4 Å². The van der Waals surface area contributed by atoms with Crippen LogP contribution in [0.15, 0.2) is 24.3 Å². The lowest BCUT2D eigenvalue weighted by Gasteiger charge is -2.17. The van der Waals surface area contributed by atoms with Gasteiger partial charge in [0.05, 0.1) is 0 Å². The van der Waals surface area contributed by atoms with Crippen molar-refractivity contribution in [3.05, 3.63) is 29.8 Å². The molecule has 1 rings (SSSR count). The number of unbranched alkanes of at least 4 members (excludes halogenated alkanes) is 1. The second-order valence-electron chi connectivity index (χ2n) is 4.10. The summed E-state index contributed by atoms with van der Waals surface area (Å²) in [4.78, 5) is 0. The first-order valence-electron chi connectivity index (χ1n) is 5.99. The molecule has 1 aromatic rings. The third-order valence-corrected chi connectivity index (χ3v) is 2.71. The normalized spacial score (nSPS) is 13.4. The molecule has 0 fully saturated rings. The molecule has 0 heterocycles. The van der Waals surface area contributed by atoms with Gasteiger partial charge in [0, 0.05) is 6.04 Å². The molecule has 1 aromatic carbocycles. The Morgan fingerprint density at radius 1 is 1.22 bits per heavy atom. The lowest BCUT2D eigenvalue weighted by molar-refractivity contribution is -0.274. The fraction of sp³-hybridized carbons (Fsp3) is 0.538. The Morgan fingerprint density at radius 2 is 1.83 bits per heavy atom. The third kappa shape index (κ3) is 4.96. The molecule has 102 valence electrons. The number of hydrogen-bond donors (Lipinski definition) is 1. The van der Waals surface area contributed by atoms with Crippen LogP contribution < -0.4 is 10.1 Å². The minimum absolute atomic E-state index is 0.171. The largest absolute Gasteiger partial charge is 0.573 e. The maximum atomic E-state index is 12.0. The Morgan fingerprint density at radius 3 is 2.28 bits per heavy atom. The quantitative estimate of drug-likeness (QED) is 0.834. The molecule has 2 nitrogen and oxygen atoms in total. The van der Waals surface area contributed by atoms with Gasteiger partial charge >= 0.3 is 6.36 Å². The van der Waals surface area contributed by atoms with Crippen LogP contribution in [0.5, 0.6) is 5.75 Å². The summed E-state index contributed by atoms with van der Waals surface area (Å²) in [6.07, 6.45) is -1.50. The van der Waals surface area contributed by atoms with Gasteiger partial charge in [-0.05, 0) is 31.2 Å². The summed E-state index contributed by atoms with van der Waals surface area (Å²) >= 11 is 0. The topological polar surface area (TPSA) is 21.3 Å². The molecule has 0 amide bonds. The summed E-state index contributed by atoms with van der Waals surface area (Å²) < 4.78 is 39.8. The highest BCUT2D eigenvalue weighted by atomic mass is 19.4. The van der Waals surface area contributed by atoms with E-state index in [1.54, 1.807) is 12.1 Å². The van der Waals surface area contributed by atoms with Crippen LogP contribution in [0.3, 0.4) is 0 Å². The molecule has 0 aromatic heterocycles. The molecular formula is C13H18F3NO. The molecule has 0 radical (unpaired) electrons. The van der Waals surface area contributed by atoms with Crippen molar-refractivity contribution in [1.29, 1.82) is 0 Å². The molecule has 0 saturated heterocycles. The number of rotatable bonds is 6. The first kappa shape index (κ1) is 14.8. The van der Waals surface area contributed by atoms with Gasteiger partial charge in [-0.1, -0.05) is 31.9 Å². The summed E-state index contributed by atoms with van der Waals surface area (Å²) in [6, 6.07) is 6.19. The summed E-state index contributed by atoms with van der Waals surface area (Å²) in [5.41, 5.74) is 0.973. The SMILES string of the molecule is CCCC[C@H](NC)c1ccc(OC(F)(F)F)cc1. The van der Waals surface area contributed by atoms with E-state index in [0.29, 0.717) is 0 Å². The van der Waals surface area contributed by atoms with E-state index in [9.17, 15) is 13.2 Å². The van der Waals surface area contributed by atoms with Crippen molar-refractivity contribution in [2.45, 2.75) is 38.6 Å². The van der Waals surface area contributed by atoms with Gasteiger partial charge in [-0.2, -0.15) is 0 Å². The average Bonchev–Trinajstić information content (AvgIpc) is 2.30. The minimum Gasteiger partial charge on any atom is -0.406 e. The van der Waals surface area contributed by atoms with E-state index >= 15 is 0 Å². The zero-order chi connectivity index (χ0) is 13.6. The molecule has 5 heteroatoms. The summed E-state index contributed by atoms with van der Waals surface area (Å²) in [5.74, 6) is -0.184. The second-order valence-corrected chi connectivity index (χ2v) is 4.10. The monoisotopic (exact) mass is 261 g/mol. The molecule has 0 aliphatic rings. The fourth-order valence-corrected chi connectivity index (χ4v) is 1.79. The van der Waals surface area contributed by atoms with Crippen molar-refractivity contribution < 1.29 is 17.9 Å². The van der Waals surface area contributed by atoms with E-state index in [1.807, 2.05) is 7.05 Å². The van der Waals surface area contributed by atoms with E-state index in [4.69, 9.17) is 0 Å². The van der Waals surface area contributed by atoms with Gasteiger partial charge in [0.25, 0.3) is 0 Å². The zero-order valence-corrected chi connectivity index (χ0v) is 10.6.